The average Bonchev–Trinajstić information content (AvgIpc) is 3.16. The molecule has 0 radical (unpaired) electrons. The second kappa shape index (κ2) is 5.12. The number of hydrogen-bond donors (Lipinski definition) is 1. The molecule has 0 aliphatic heterocycles. The lowest BCUT2D eigenvalue weighted by Gasteiger charge is -2.08. The lowest BCUT2D eigenvalue weighted by Crippen LogP contribution is -2.12. The summed E-state index contributed by atoms with van der Waals surface area (Å²) in [7, 11) is 0. The molecule has 1 aliphatic rings. The lowest BCUT2D eigenvalue weighted by molar-refractivity contribution is 0.101. The van der Waals surface area contributed by atoms with Crippen molar-refractivity contribution in [3.63, 3.8) is 0 Å². The first-order chi connectivity index (χ1) is 9.63. The molecule has 1 saturated carbocycles. The van der Waals surface area contributed by atoms with Gasteiger partial charge in [0.1, 0.15) is 5.76 Å². The second-order valence-corrected chi connectivity index (χ2v) is 5.62. The Morgan fingerprint density at radius 2 is 2.15 bits per heavy atom. The summed E-state index contributed by atoms with van der Waals surface area (Å²) in [4.78, 5) is 12.1. The molecule has 20 heavy (non-hydrogen) atoms. The number of hydrogen-bond acceptors (Lipinski definition) is 3. The maximum Gasteiger partial charge on any atom is 0.277 e. The van der Waals surface area contributed by atoms with E-state index in [1.165, 1.54) is 5.56 Å². The van der Waals surface area contributed by atoms with Gasteiger partial charge in [-0.1, -0.05) is 31.1 Å². The second-order valence-electron chi connectivity index (χ2n) is 5.62. The fourth-order valence-corrected chi connectivity index (χ4v) is 2.13. The van der Waals surface area contributed by atoms with Gasteiger partial charge >= 0.3 is 0 Å². The molecule has 0 unspecified atom stereocenters. The van der Waals surface area contributed by atoms with Crippen molar-refractivity contribution in [2.24, 2.45) is 0 Å². The van der Waals surface area contributed by atoms with Gasteiger partial charge < -0.3 is 9.84 Å². The predicted molar refractivity (Wildman–Crippen MR) is 77.0 cm³/mol. The van der Waals surface area contributed by atoms with Crippen LogP contribution in [-0.2, 0) is 0 Å². The molecule has 0 bridgehead atoms. The first-order valence-corrected chi connectivity index (χ1v) is 7.01. The summed E-state index contributed by atoms with van der Waals surface area (Å²) in [6.45, 7) is 4.25. The fourth-order valence-electron chi connectivity index (χ4n) is 2.13. The number of benzene rings is 1. The molecule has 1 amide bonds. The van der Waals surface area contributed by atoms with E-state index in [1.54, 1.807) is 6.07 Å². The van der Waals surface area contributed by atoms with E-state index in [9.17, 15) is 4.79 Å². The molecule has 0 saturated heterocycles. The van der Waals surface area contributed by atoms with E-state index in [2.05, 4.69) is 30.4 Å². The van der Waals surface area contributed by atoms with Crippen molar-refractivity contribution >= 4 is 11.6 Å². The van der Waals surface area contributed by atoms with Crippen LogP contribution in [0, 0.1) is 0 Å². The number of carbonyl (C=O) groups excluding carboxylic acids is 1. The third kappa shape index (κ3) is 2.74. The Morgan fingerprint density at radius 1 is 1.35 bits per heavy atom. The molecular weight excluding hydrogens is 252 g/mol. The SMILES string of the molecule is CC(C)c1cccc(NC(=O)c2cc(C3CC3)on2)c1. The average molecular weight is 270 g/mol. The normalized spacial score (nSPS) is 14.6. The minimum atomic E-state index is -0.221. The van der Waals surface area contributed by atoms with Gasteiger partial charge in [-0.05, 0) is 36.5 Å². The van der Waals surface area contributed by atoms with Gasteiger partial charge in [0, 0.05) is 17.7 Å². The van der Waals surface area contributed by atoms with Crippen LogP contribution in [0.25, 0.3) is 0 Å². The number of carbonyl (C=O) groups is 1. The number of nitrogens with one attached hydrogen (secondary N) is 1. The van der Waals surface area contributed by atoms with Crippen molar-refractivity contribution in [3.05, 3.63) is 47.3 Å². The van der Waals surface area contributed by atoms with E-state index in [-0.39, 0.29) is 5.91 Å². The van der Waals surface area contributed by atoms with Gasteiger partial charge in [-0.25, -0.2) is 0 Å². The van der Waals surface area contributed by atoms with Gasteiger partial charge in [0.15, 0.2) is 5.69 Å². The maximum absolute atomic E-state index is 12.1. The Hall–Kier alpha value is -2.10. The first kappa shape index (κ1) is 12.9. The highest BCUT2D eigenvalue weighted by Crippen LogP contribution is 2.40. The van der Waals surface area contributed by atoms with Crippen LogP contribution in [0.3, 0.4) is 0 Å². The van der Waals surface area contributed by atoms with Crippen LogP contribution in [0.1, 0.15) is 60.3 Å². The van der Waals surface area contributed by atoms with E-state index in [1.807, 2.05) is 18.2 Å². The molecule has 2 aromatic rings. The van der Waals surface area contributed by atoms with Gasteiger partial charge in [0.2, 0.25) is 0 Å². The van der Waals surface area contributed by atoms with Crippen LogP contribution in [-0.4, -0.2) is 11.1 Å². The fraction of sp³-hybridized carbons (Fsp3) is 0.375. The van der Waals surface area contributed by atoms with Crippen molar-refractivity contribution in [1.29, 1.82) is 0 Å². The highest BCUT2D eigenvalue weighted by molar-refractivity contribution is 6.02. The highest BCUT2D eigenvalue weighted by atomic mass is 16.5. The Labute approximate surface area is 118 Å². The summed E-state index contributed by atoms with van der Waals surface area (Å²) in [6.07, 6.45) is 2.26. The molecule has 4 heteroatoms. The summed E-state index contributed by atoms with van der Waals surface area (Å²) in [5.41, 5.74) is 2.33. The minimum Gasteiger partial charge on any atom is -0.360 e. The zero-order valence-electron chi connectivity index (χ0n) is 11.7. The van der Waals surface area contributed by atoms with Crippen molar-refractivity contribution in [3.8, 4) is 0 Å². The van der Waals surface area contributed by atoms with Crippen molar-refractivity contribution < 1.29 is 9.32 Å². The Bertz CT molecular complexity index is 627. The van der Waals surface area contributed by atoms with Crippen molar-refractivity contribution in [1.82, 2.24) is 5.16 Å². The number of rotatable bonds is 4. The lowest BCUT2D eigenvalue weighted by atomic mass is 10.0. The largest absolute Gasteiger partial charge is 0.360 e. The van der Waals surface area contributed by atoms with Gasteiger partial charge in [-0.3, -0.25) is 4.79 Å². The molecular formula is C16H18N2O2. The molecule has 1 fully saturated rings. The van der Waals surface area contributed by atoms with E-state index < -0.39 is 0 Å². The van der Waals surface area contributed by atoms with Gasteiger partial charge in [0.25, 0.3) is 5.91 Å². The van der Waals surface area contributed by atoms with E-state index >= 15 is 0 Å². The van der Waals surface area contributed by atoms with Crippen LogP contribution in [0.5, 0.6) is 0 Å². The third-order valence-corrected chi connectivity index (χ3v) is 3.55. The van der Waals surface area contributed by atoms with Gasteiger partial charge in [-0.15, -0.1) is 0 Å². The van der Waals surface area contributed by atoms with Crippen molar-refractivity contribution in [2.75, 3.05) is 5.32 Å². The van der Waals surface area contributed by atoms with Crippen LogP contribution < -0.4 is 5.32 Å². The molecule has 4 nitrogen and oxygen atoms in total. The van der Waals surface area contributed by atoms with Gasteiger partial charge in [-0.2, -0.15) is 0 Å². The van der Waals surface area contributed by atoms with Crippen LogP contribution in [0.2, 0.25) is 0 Å². The Morgan fingerprint density at radius 3 is 2.85 bits per heavy atom. The zero-order chi connectivity index (χ0) is 14.1. The summed E-state index contributed by atoms with van der Waals surface area (Å²) in [6, 6.07) is 9.63. The monoisotopic (exact) mass is 270 g/mol. The van der Waals surface area contributed by atoms with Crippen LogP contribution >= 0.6 is 0 Å². The van der Waals surface area contributed by atoms with Crippen LogP contribution in [0.4, 0.5) is 5.69 Å². The highest BCUT2D eigenvalue weighted by Gasteiger charge is 2.28. The number of anilines is 1. The molecule has 0 atom stereocenters. The molecule has 1 aromatic heterocycles. The molecule has 104 valence electrons. The minimum absolute atomic E-state index is 0.221. The summed E-state index contributed by atoms with van der Waals surface area (Å²) in [5, 5.41) is 6.71. The third-order valence-electron chi connectivity index (χ3n) is 3.55. The van der Waals surface area contributed by atoms with E-state index in [0.29, 0.717) is 17.5 Å². The Balaban J connectivity index is 1.72. The first-order valence-electron chi connectivity index (χ1n) is 7.01. The van der Waals surface area contributed by atoms with Crippen molar-refractivity contribution in [2.45, 2.75) is 38.5 Å². The summed E-state index contributed by atoms with van der Waals surface area (Å²) < 4.78 is 5.20. The molecule has 1 heterocycles. The molecule has 0 spiro atoms. The number of aromatic nitrogens is 1. The molecule has 1 aromatic carbocycles. The standard InChI is InChI=1S/C16H18N2O2/c1-10(2)12-4-3-5-13(8-12)17-16(19)14-9-15(20-18-14)11-6-7-11/h3-5,8-11H,6-7H2,1-2H3,(H,17,19). The van der Waals surface area contributed by atoms with E-state index in [4.69, 9.17) is 4.52 Å². The predicted octanol–water partition coefficient (Wildman–Crippen LogP) is 3.93. The van der Waals surface area contributed by atoms with Crippen LogP contribution in [0.15, 0.2) is 34.9 Å². The maximum atomic E-state index is 12.1. The topological polar surface area (TPSA) is 55.1 Å². The van der Waals surface area contributed by atoms with Gasteiger partial charge in [0.05, 0.1) is 0 Å². The number of nitrogens with zero attached hydrogens (tertiary/aromatic N) is 1. The number of amides is 1. The summed E-state index contributed by atoms with van der Waals surface area (Å²) >= 11 is 0. The molecule has 3 rings (SSSR count). The Kier molecular flexibility index (Phi) is 3.30. The molecule has 1 aliphatic carbocycles. The quantitative estimate of drug-likeness (QED) is 0.915. The zero-order valence-corrected chi connectivity index (χ0v) is 11.7. The van der Waals surface area contributed by atoms with E-state index in [0.717, 1.165) is 24.3 Å². The summed E-state index contributed by atoms with van der Waals surface area (Å²) in [5.74, 6) is 1.50. The smallest absolute Gasteiger partial charge is 0.277 e. The molecule has 1 N–H and O–H groups in total.